The van der Waals surface area contributed by atoms with Gasteiger partial charge in [0.2, 0.25) is 0 Å². The van der Waals surface area contributed by atoms with Crippen molar-refractivity contribution < 1.29 is 8.78 Å². The van der Waals surface area contributed by atoms with Crippen molar-refractivity contribution in [2.24, 2.45) is 5.41 Å². The summed E-state index contributed by atoms with van der Waals surface area (Å²) in [6, 6.07) is 3.63. The summed E-state index contributed by atoms with van der Waals surface area (Å²) in [7, 11) is 0. The van der Waals surface area contributed by atoms with Gasteiger partial charge in [0.05, 0.1) is 0 Å². The summed E-state index contributed by atoms with van der Waals surface area (Å²) in [5, 5.41) is 3.26. The Hall–Kier alpha value is -0.960. The molecule has 0 heterocycles. The third-order valence-electron chi connectivity index (χ3n) is 2.49. The van der Waals surface area contributed by atoms with Crippen molar-refractivity contribution in [2.45, 2.75) is 33.7 Å². The van der Waals surface area contributed by atoms with Gasteiger partial charge in [0.25, 0.3) is 0 Å². The normalized spacial score (nSPS) is 13.9. The largest absolute Gasteiger partial charge is 0.310 e. The van der Waals surface area contributed by atoms with E-state index in [1.165, 1.54) is 12.1 Å². The molecular formula is C13H19F2N. The van der Waals surface area contributed by atoms with Crippen molar-refractivity contribution in [1.29, 1.82) is 0 Å². The summed E-state index contributed by atoms with van der Waals surface area (Å²) in [6.07, 6.45) is 0. The fourth-order valence-electron chi connectivity index (χ4n) is 1.87. The lowest BCUT2D eigenvalue weighted by Gasteiger charge is -2.31. The van der Waals surface area contributed by atoms with E-state index in [-0.39, 0.29) is 11.5 Å². The molecule has 0 spiro atoms. The van der Waals surface area contributed by atoms with Crippen LogP contribution < -0.4 is 5.32 Å². The molecule has 0 bridgehead atoms. The maximum atomic E-state index is 13.1. The molecular weight excluding hydrogens is 208 g/mol. The highest BCUT2D eigenvalue weighted by molar-refractivity contribution is 5.23. The highest BCUT2D eigenvalue weighted by atomic mass is 19.1. The van der Waals surface area contributed by atoms with Crippen LogP contribution in [-0.4, -0.2) is 6.54 Å². The number of hydrogen-bond acceptors (Lipinski definition) is 1. The second kappa shape index (κ2) is 4.91. The lowest BCUT2D eigenvalue weighted by atomic mass is 9.82. The maximum absolute atomic E-state index is 13.1. The zero-order valence-electron chi connectivity index (χ0n) is 10.3. The Bertz CT molecular complexity index is 335. The fraction of sp³-hybridized carbons (Fsp3) is 0.538. The molecule has 0 saturated heterocycles. The third-order valence-corrected chi connectivity index (χ3v) is 2.49. The van der Waals surface area contributed by atoms with Crippen molar-refractivity contribution >= 4 is 0 Å². The van der Waals surface area contributed by atoms with Gasteiger partial charge in [-0.2, -0.15) is 0 Å². The van der Waals surface area contributed by atoms with Gasteiger partial charge in [-0.15, -0.1) is 0 Å². The van der Waals surface area contributed by atoms with E-state index in [0.717, 1.165) is 12.6 Å². The molecule has 0 radical (unpaired) electrons. The second-order valence-corrected chi connectivity index (χ2v) is 5.06. The van der Waals surface area contributed by atoms with Crippen molar-refractivity contribution in [3.05, 3.63) is 35.4 Å². The molecule has 0 aliphatic rings. The number of halogens is 2. The Morgan fingerprint density at radius 2 is 1.62 bits per heavy atom. The van der Waals surface area contributed by atoms with Crippen LogP contribution in [0.4, 0.5) is 8.78 Å². The Morgan fingerprint density at radius 3 is 2.00 bits per heavy atom. The summed E-state index contributed by atoms with van der Waals surface area (Å²) in [4.78, 5) is 0. The molecule has 0 aliphatic heterocycles. The highest BCUT2D eigenvalue weighted by Gasteiger charge is 2.26. The van der Waals surface area contributed by atoms with Crippen LogP contribution in [0, 0.1) is 17.0 Å². The SMILES string of the molecule is CCNC(c1cc(F)cc(F)c1)C(C)(C)C. The minimum Gasteiger partial charge on any atom is -0.310 e. The predicted octanol–water partition coefficient (Wildman–Crippen LogP) is 3.66. The van der Waals surface area contributed by atoms with Crippen LogP contribution in [0.1, 0.15) is 39.3 Å². The molecule has 0 saturated carbocycles. The van der Waals surface area contributed by atoms with E-state index in [4.69, 9.17) is 0 Å². The van der Waals surface area contributed by atoms with Gasteiger partial charge in [0.1, 0.15) is 11.6 Å². The molecule has 1 rings (SSSR count). The molecule has 1 nitrogen and oxygen atoms in total. The lowest BCUT2D eigenvalue weighted by molar-refractivity contribution is 0.275. The molecule has 0 amide bonds. The smallest absolute Gasteiger partial charge is 0.126 e. The highest BCUT2D eigenvalue weighted by Crippen LogP contribution is 2.33. The maximum Gasteiger partial charge on any atom is 0.126 e. The van der Waals surface area contributed by atoms with E-state index in [9.17, 15) is 8.78 Å². The Morgan fingerprint density at radius 1 is 1.12 bits per heavy atom. The van der Waals surface area contributed by atoms with Crippen LogP contribution in [0.3, 0.4) is 0 Å². The van der Waals surface area contributed by atoms with Crippen molar-refractivity contribution in [2.75, 3.05) is 6.54 Å². The molecule has 1 aromatic carbocycles. The van der Waals surface area contributed by atoms with Crippen LogP contribution in [-0.2, 0) is 0 Å². The van der Waals surface area contributed by atoms with Crippen molar-refractivity contribution in [1.82, 2.24) is 5.32 Å². The Kier molecular flexibility index (Phi) is 4.03. The van der Waals surface area contributed by atoms with E-state index in [1.807, 2.05) is 27.7 Å². The molecule has 0 aromatic heterocycles. The van der Waals surface area contributed by atoms with E-state index in [0.29, 0.717) is 5.56 Å². The van der Waals surface area contributed by atoms with Crippen LogP contribution in [0.25, 0.3) is 0 Å². The third kappa shape index (κ3) is 3.27. The summed E-state index contributed by atoms with van der Waals surface area (Å²) in [6.45, 7) is 8.88. The molecule has 1 aromatic rings. The molecule has 3 heteroatoms. The van der Waals surface area contributed by atoms with Crippen LogP contribution in [0.2, 0.25) is 0 Å². The van der Waals surface area contributed by atoms with Crippen molar-refractivity contribution in [3.63, 3.8) is 0 Å². The standard InChI is InChI=1S/C13H19F2N/c1-5-16-12(13(2,3)4)9-6-10(14)8-11(15)7-9/h6-8,12,16H,5H2,1-4H3. The van der Waals surface area contributed by atoms with E-state index in [2.05, 4.69) is 5.32 Å². The van der Waals surface area contributed by atoms with Gasteiger partial charge in [-0.05, 0) is 29.7 Å². The van der Waals surface area contributed by atoms with Gasteiger partial charge in [-0.3, -0.25) is 0 Å². The molecule has 1 unspecified atom stereocenters. The van der Waals surface area contributed by atoms with E-state index < -0.39 is 11.6 Å². The van der Waals surface area contributed by atoms with Crippen LogP contribution >= 0.6 is 0 Å². The average Bonchev–Trinajstić information content (AvgIpc) is 2.10. The molecule has 16 heavy (non-hydrogen) atoms. The van der Waals surface area contributed by atoms with E-state index in [1.54, 1.807) is 0 Å². The summed E-state index contributed by atoms with van der Waals surface area (Å²) in [5.74, 6) is -1.05. The minimum atomic E-state index is -0.526. The zero-order valence-corrected chi connectivity index (χ0v) is 10.3. The Labute approximate surface area is 95.9 Å². The van der Waals surface area contributed by atoms with Gasteiger partial charge in [0, 0.05) is 12.1 Å². The summed E-state index contributed by atoms with van der Waals surface area (Å²) < 4.78 is 26.3. The molecule has 1 atom stereocenters. The van der Waals surface area contributed by atoms with Gasteiger partial charge in [-0.1, -0.05) is 27.7 Å². The zero-order chi connectivity index (χ0) is 12.3. The summed E-state index contributed by atoms with van der Waals surface area (Å²) >= 11 is 0. The monoisotopic (exact) mass is 227 g/mol. The van der Waals surface area contributed by atoms with E-state index >= 15 is 0 Å². The molecule has 1 N–H and O–H groups in total. The number of hydrogen-bond donors (Lipinski definition) is 1. The lowest BCUT2D eigenvalue weighted by Crippen LogP contribution is -2.32. The van der Waals surface area contributed by atoms with Crippen LogP contribution in [0.15, 0.2) is 18.2 Å². The average molecular weight is 227 g/mol. The second-order valence-electron chi connectivity index (χ2n) is 5.06. The first-order valence-electron chi connectivity index (χ1n) is 5.54. The predicted molar refractivity (Wildman–Crippen MR) is 62.2 cm³/mol. The fourth-order valence-corrected chi connectivity index (χ4v) is 1.87. The molecule has 90 valence electrons. The molecule has 0 aliphatic carbocycles. The Balaban J connectivity index is 3.10. The summed E-state index contributed by atoms with van der Waals surface area (Å²) in [5.41, 5.74) is 0.572. The van der Waals surface area contributed by atoms with Crippen molar-refractivity contribution in [3.8, 4) is 0 Å². The number of rotatable bonds is 3. The first kappa shape index (κ1) is 13.1. The topological polar surface area (TPSA) is 12.0 Å². The first-order valence-corrected chi connectivity index (χ1v) is 5.54. The van der Waals surface area contributed by atoms with Crippen LogP contribution in [0.5, 0.6) is 0 Å². The van der Waals surface area contributed by atoms with Gasteiger partial charge < -0.3 is 5.32 Å². The quantitative estimate of drug-likeness (QED) is 0.831. The van der Waals surface area contributed by atoms with Gasteiger partial charge in [-0.25, -0.2) is 8.78 Å². The van der Waals surface area contributed by atoms with Gasteiger partial charge >= 0.3 is 0 Å². The number of benzene rings is 1. The van der Waals surface area contributed by atoms with Gasteiger partial charge in [0.15, 0.2) is 0 Å². The first-order chi connectivity index (χ1) is 7.34. The molecule has 0 fully saturated rings. The number of nitrogens with one attached hydrogen (secondary N) is 1. The minimum absolute atomic E-state index is 0.0531.